The van der Waals surface area contributed by atoms with Crippen molar-refractivity contribution in [1.82, 2.24) is 10.6 Å². The lowest BCUT2D eigenvalue weighted by Crippen LogP contribution is -2.37. The second-order valence-electron chi connectivity index (χ2n) is 10.1. The van der Waals surface area contributed by atoms with Gasteiger partial charge in [0.25, 0.3) is 0 Å². The van der Waals surface area contributed by atoms with Gasteiger partial charge in [0.2, 0.25) is 5.91 Å². The smallest absolute Gasteiger partial charge is 0.407 e. The van der Waals surface area contributed by atoms with Crippen LogP contribution in [0, 0.1) is 17.8 Å². The number of amides is 2. The molecule has 0 unspecified atom stereocenters. The molecule has 0 saturated heterocycles. The van der Waals surface area contributed by atoms with Crippen LogP contribution in [0.2, 0.25) is 0 Å². The zero-order chi connectivity index (χ0) is 24.4. The van der Waals surface area contributed by atoms with Crippen LogP contribution in [0.5, 0.6) is 0 Å². The van der Waals surface area contributed by atoms with Crippen LogP contribution in [0.4, 0.5) is 4.79 Å². The van der Waals surface area contributed by atoms with E-state index in [0.29, 0.717) is 25.8 Å². The molecule has 4 atom stereocenters. The lowest BCUT2D eigenvalue weighted by atomic mass is 9.96. The number of hydrogen-bond donors (Lipinski definition) is 3. The van der Waals surface area contributed by atoms with Crippen LogP contribution < -0.4 is 10.6 Å². The summed E-state index contributed by atoms with van der Waals surface area (Å²) in [7, 11) is 0. The number of rotatable bonds is 7. The van der Waals surface area contributed by atoms with Crippen LogP contribution in [-0.2, 0) is 14.3 Å². The largest absolute Gasteiger partial charge is 0.481 e. The summed E-state index contributed by atoms with van der Waals surface area (Å²) < 4.78 is 5.64. The Bertz CT molecular complexity index is 1070. The van der Waals surface area contributed by atoms with E-state index >= 15 is 0 Å². The van der Waals surface area contributed by atoms with E-state index in [1.807, 2.05) is 24.3 Å². The molecule has 0 aromatic heterocycles. The van der Waals surface area contributed by atoms with Crippen molar-refractivity contribution in [1.29, 1.82) is 0 Å². The molecule has 7 heteroatoms. The van der Waals surface area contributed by atoms with Crippen molar-refractivity contribution in [3.05, 3.63) is 59.7 Å². The minimum atomic E-state index is -0.769. The van der Waals surface area contributed by atoms with Crippen LogP contribution in [0.1, 0.15) is 55.6 Å². The molecule has 3 aliphatic carbocycles. The first-order valence-electron chi connectivity index (χ1n) is 12.6. The van der Waals surface area contributed by atoms with Gasteiger partial charge < -0.3 is 20.5 Å². The number of ether oxygens (including phenoxy) is 1. The summed E-state index contributed by atoms with van der Waals surface area (Å²) in [4.78, 5) is 36.6. The van der Waals surface area contributed by atoms with E-state index in [2.05, 4.69) is 34.9 Å². The summed E-state index contributed by atoms with van der Waals surface area (Å²) in [6, 6.07) is 16.4. The summed E-state index contributed by atoms with van der Waals surface area (Å²) in [5.41, 5.74) is 4.72. The van der Waals surface area contributed by atoms with Gasteiger partial charge >= 0.3 is 12.1 Å². The molecule has 2 fully saturated rings. The minimum Gasteiger partial charge on any atom is -0.481 e. The number of alkyl carbamates (subject to hydrolysis) is 1. The molecule has 35 heavy (non-hydrogen) atoms. The fraction of sp³-hybridized carbons (Fsp3) is 0.464. The number of carboxylic acids is 1. The number of benzene rings is 2. The molecule has 3 aliphatic rings. The Morgan fingerprint density at radius 1 is 0.914 bits per heavy atom. The maximum Gasteiger partial charge on any atom is 0.407 e. The van der Waals surface area contributed by atoms with E-state index in [9.17, 15) is 19.5 Å². The molecule has 5 rings (SSSR count). The Morgan fingerprint density at radius 3 is 2.29 bits per heavy atom. The standard InChI is InChI=1S/C28H32N2O5/c31-26(29-15-18-6-5-11-20(18)27(32)33)17-12-13-19(14-17)30-28(34)35-16-25-23-9-3-1-7-21(23)22-8-2-4-10-24(22)25/h1-4,7-10,17-20,25H,5-6,11-16H2,(H,29,31)(H,30,34)(H,32,33)/t17-,18-,19+,20-/m1/s1. The third-order valence-corrected chi connectivity index (χ3v) is 7.98. The highest BCUT2D eigenvalue weighted by atomic mass is 16.5. The van der Waals surface area contributed by atoms with Gasteiger partial charge in [-0.3, -0.25) is 9.59 Å². The van der Waals surface area contributed by atoms with Crippen molar-refractivity contribution >= 4 is 18.0 Å². The lowest BCUT2D eigenvalue weighted by Gasteiger charge is -2.19. The topological polar surface area (TPSA) is 105 Å². The molecule has 2 aromatic rings. The SMILES string of the molecule is O=C(N[C@H]1CC[C@@H](C(=O)NC[C@H]2CCC[C@H]2C(=O)O)C1)OCC1c2ccccc2-c2ccccc21. The normalized spacial score (nSPS) is 25.0. The zero-order valence-electron chi connectivity index (χ0n) is 19.7. The predicted molar refractivity (Wildman–Crippen MR) is 131 cm³/mol. The molecule has 2 amide bonds. The lowest BCUT2D eigenvalue weighted by molar-refractivity contribution is -0.143. The number of carbonyl (C=O) groups is 3. The van der Waals surface area contributed by atoms with Crippen molar-refractivity contribution in [2.24, 2.45) is 17.8 Å². The van der Waals surface area contributed by atoms with Gasteiger partial charge in [-0.05, 0) is 60.3 Å². The van der Waals surface area contributed by atoms with E-state index in [-0.39, 0.29) is 42.2 Å². The number of aliphatic carboxylic acids is 1. The molecule has 184 valence electrons. The number of hydrogen-bond acceptors (Lipinski definition) is 4. The fourth-order valence-corrected chi connectivity index (χ4v) is 6.14. The fourth-order valence-electron chi connectivity index (χ4n) is 6.14. The highest BCUT2D eigenvalue weighted by molar-refractivity contribution is 5.80. The molecule has 3 N–H and O–H groups in total. The van der Waals surface area contributed by atoms with Gasteiger partial charge in [0.15, 0.2) is 0 Å². The van der Waals surface area contributed by atoms with E-state index in [0.717, 1.165) is 19.3 Å². The maximum atomic E-state index is 12.6. The van der Waals surface area contributed by atoms with E-state index < -0.39 is 12.1 Å². The second kappa shape index (κ2) is 10.1. The Morgan fingerprint density at radius 2 is 1.60 bits per heavy atom. The van der Waals surface area contributed by atoms with Crippen LogP contribution in [-0.4, -0.2) is 42.3 Å². The van der Waals surface area contributed by atoms with Crippen molar-refractivity contribution in [2.75, 3.05) is 13.2 Å². The number of carbonyl (C=O) groups excluding carboxylic acids is 2. The highest BCUT2D eigenvalue weighted by Gasteiger charge is 2.35. The predicted octanol–water partition coefficient (Wildman–Crippen LogP) is 4.31. The van der Waals surface area contributed by atoms with Crippen molar-refractivity contribution < 1.29 is 24.2 Å². The number of fused-ring (bicyclic) bond motifs is 3. The number of nitrogens with one attached hydrogen (secondary N) is 2. The summed E-state index contributed by atoms with van der Waals surface area (Å²) in [6.45, 7) is 0.680. The van der Waals surface area contributed by atoms with Crippen molar-refractivity contribution in [3.63, 3.8) is 0 Å². The first kappa shape index (κ1) is 23.4. The summed E-state index contributed by atoms with van der Waals surface area (Å²) in [6.07, 6.45) is 3.97. The Hall–Kier alpha value is -3.35. The van der Waals surface area contributed by atoms with E-state index in [4.69, 9.17) is 4.74 Å². The Balaban J connectivity index is 1.09. The first-order valence-corrected chi connectivity index (χ1v) is 12.6. The van der Waals surface area contributed by atoms with Crippen molar-refractivity contribution in [3.8, 4) is 11.1 Å². The first-order chi connectivity index (χ1) is 17.0. The summed E-state index contributed by atoms with van der Waals surface area (Å²) in [5, 5.41) is 15.2. The second-order valence-corrected chi connectivity index (χ2v) is 10.1. The van der Waals surface area contributed by atoms with Crippen LogP contribution in [0.25, 0.3) is 11.1 Å². The van der Waals surface area contributed by atoms with Gasteiger partial charge in [0, 0.05) is 24.4 Å². The van der Waals surface area contributed by atoms with Gasteiger partial charge in [-0.1, -0.05) is 55.0 Å². The molecule has 0 heterocycles. The molecule has 0 spiro atoms. The Kier molecular flexibility index (Phi) is 6.75. The van der Waals surface area contributed by atoms with Gasteiger partial charge in [0.1, 0.15) is 6.61 Å². The molecular weight excluding hydrogens is 444 g/mol. The zero-order valence-corrected chi connectivity index (χ0v) is 19.7. The van der Waals surface area contributed by atoms with Gasteiger partial charge in [-0.15, -0.1) is 0 Å². The maximum absolute atomic E-state index is 12.6. The third kappa shape index (κ3) is 4.90. The van der Waals surface area contributed by atoms with Gasteiger partial charge in [-0.25, -0.2) is 4.79 Å². The van der Waals surface area contributed by atoms with Crippen LogP contribution in [0.3, 0.4) is 0 Å². The summed E-state index contributed by atoms with van der Waals surface area (Å²) in [5.74, 6) is -1.32. The molecule has 7 nitrogen and oxygen atoms in total. The quantitative estimate of drug-likeness (QED) is 0.552. The summed E-state index contributed by atoms with van der Waals surface area (Å²) >= 11 is 0. The van der Waals surface area contributed by atoms with Crippen molar-refractivity contribution in [2.45, 2.75) is 50.5 Å². The van der Waals surface area contributed by atoms with Gasteiger partial charge in [-0.2, -0.15) is 0 Å². The van der Waals surface area contributed by atoms with E-state index in [1.54, 1.807) is 0 Å². The average molecular weight is 477 g/mol. The highest BCUT2D eigenvalue weighted by Crippen LogP contribution is 2.44. The molecule has 0 bridgehead atoms. The molecular formula is C28H32N2O5. The third-order valence-electron chi connectivity index (χ3n) is 7.98. The van der Waals surface area contributed by atoms with E-state index in [1.165, 1.54) is 22.3 Å². The van der Waals surface area contributed by atoms with Crippen LogP contribution in [0.15, 0.2) is 48.5 Å². The molecule has 0 radical (unpaired) electrons. The Labute approximate surface area is 205 Å². The monoisotopic (exact) mass is 476 g/mol. The average Bonchev–Trinajstić information content (AvgIpc) is 3.59. The minimum absolute atomic E-state index is 0.00704. The molecule has 2 aromatic carbocycles. The molecule has 2 saturated carbocycles. The molecule has 0 aliphatic heterocycles. The number of carboxylic acid groups (broad SMARTS) is 1. The van der Waals surface area contributed by atoms with Crippen LogP contribution >= 0.6 is 0 Å². The van der Waals surface area contributed by atoms with Gasteiger partial charge in [0.05, 0.1) is 5.92 Å².